The Morgan fingerprint density at radius 1 is 0.389 bits per heavy atom. The first-order valence-corrected chi connectivity index (χ1v) is 18.3. The monoisotopic (exact) mass is 688 g/mol. The Labute approximate surface area is 311 Å². The van der Waals surface area contributed by atoms with E-state index in [9.17, 15) is 0 Å². The molecule has 3 aromatic heterocycles. The fraction of sp³-hybridized carbons (Fsp3) is 0. The highest BCUT2D eigenvalue weighted by molar-refractivity contribution is 6.19. The number of rotatable bonds is 5. The summed E-state index contributed by atoms with van der Waals surface area (Å²) in [6.07, 6.45) is 2.18. The lowest BCUT2D eigenvalue weighted by Gasteiger charge is -2.12. The van der Waals surface area contributed by atoms with Crippen molar-refractivity contribution in [2.75, 3.05) is 0 Å². The molecule has 0 aliphatic rings. The fourth-order valence-corrected chi connectivity index (χ4v) is 8.24. The maximum Gasteiger partial charge on any atom is 0.160 e. The number of nitrogens with zero attached hydrogens (tertiary/aromatic N) is 4. The summed E-state index contributed by atoms with van der Waals surface area (Å²) in [5.41, 5.74) is 12.1. The quantitative estimate of drug-likeness (QED) is 0.180. The van der Waals surface area contributed by atoms with Gasteiger partial charge in [-0.3, -0.25) is 0 Å². The third kappa shape index (κ3) is 4.78. The van der Waals surface area contributed by atoms with E-state index < -0.39 is 0 Å². The summed E-state index contributed by atoms with van der Waals surface area (Å²) >= 11 is 0. The molecule has 8 aromatic carbocycles. The van der Waals surface area contributed by atoms with Crippen LogP contribution < -0.4 is 0 Å². The van der Waals surface area contributed by atoms with E-state index >= 15 is 0 Å². The predicted octanol–water partition coefficient (Wildman–Crippen LogP) is 12.8. The van der Waals surface area contributed by atoms with E-state index in [1.807, 2.05) is 0 Å². The number of aromatic nitrogens is 4. The van der Waals surface area contributed by atoms with Crippen molar-refractivity contribution in [2.24, 2.45) is 0 Å². The Balaban J connectivity index is 1.08. The van der Waals surface area contributed by atoms with E-state index in [2.05, 4.69) is 203 Å². The van der Waals surface area contributed by atoms with Crippen molar-refractivity contribution >= 4 is 54.4 Å². The van der Waals surface area contributed by atoms with E-state index in [4.69, 9.17) is 9.97 Å². The Hall–Kier alpha value is -7.30. The van der Waals surface area contributed by atoms with Crippen molar-refractivity contribution < 1.29 is 0 Å². The van der Waals surface area contributed by atoms with Gasteiger partial charge in [-0.25, -0.2) is 9.97 Å². The van der Waals surface area contributed by atoms with Crippen molar-refractivity contribution in [1.29, 1.82) is 0 Å². The summed E-state index contributed by atoms with van der Waals surface area (Å²) in [6.45, 7) is 0. The highest BCUT2D eigenvalue weighted by Gasteiger charge is 2.19. The van der Waals surface area contributed by atoms with Crippen LogP contribution in [0.2, 0.25) is 0 Å². The van der Waals surface area contributed by atoms with Crippen LogP contribution in [0.5, 0.6) is 0 Å². The van der Waals surface area contributed by atoms with Gasteiger partial charge in [0.25, 0.3) is 0 Å². The molecule has 0 amide bonds. The first-order chi connectivity index (χ1) is 26.8. The lowest BCUT2D eigenvalue weighted by molar-refractivity contribution is 1.13. The molecule has 11 aromatic rings. The molecule has 54 heavy (non-hydrogen) atoms. The zero-order valence-electron chi connectivity index (χ0n) is 29.3. The molecule has 0 fully saturated rings. The van der Waals surface area contributed by atoms with Crippen molar-refractivity contribution in [1.82, 2.24) is 19.1 Å². The second-order valence-electron chi connectivity index (χ2n) is 13.8. The van der Waals surface area contributed by atoms with Crippen molar-refractivity contribution in [3.8, 4) is 45.1 Å². The van der Waals surface area contributed by atoms with Gasteiger partial charge in [0.15, 0.2) is 5.82 Å². The summed E-state index contributed by atoms with van der Waals surface area (Å²) in [7, 11) is 0. The van der Waals surface area contributed by atoms with Gasteiger partial charge in [0, 0.05) is 50.2 Å². The molecule has 0 spiro atoms. The Kier molecular flexibility index (Phi) is 6.82. The van der Waals surface area contributed by atoms with Gasteiger partial charge < -0.3 is 9.13 Å². The highest BCUT2D eigenvalue weighted by Crippen LogP contribution is 2.40. The average molecular weight is 689 g/mol. The van der Waals surface area contributed by atoms with Gasteiger partial charge >= 0.3 is 0 Å². The largest absolute Gasteiger partial charge is 0.316 e. The van der Waals surface area contributed by atoms with E-state index in [0.29, 0.717) is 5.82 Å². The summed E-state index contributed by atoms with van der Waals surface area (Å²) in [5, 5.41) is 7.09. The lowest BCUT2D eigenvalue weighted by atomic mass is 9.96. The van der Waals surface area contributed by atoms with Gasteiger partial charge in [-0.05, 0) is 82.6 Å². The van der Waals surface area contributed by atoms with Crippen molar-refractivity contribution in [3.05, 3.63) is 194 Å². The zero-order valence-corrected chi connectivity index (χ0v) is 29.3. The average Bonchev–Trinajstić information content (AvgIpc) is 3.83. The van der Waals surface area contributed by atoms with Gasteiger partial charge in [0.05, 0.1) is 27.8 Å². The summed E-state index contributed by atoms with van der Waals surface area (Å²) in [6, 6.07) is 66.8. The topological polar surface area (TPSA) is 35.6 Å². The van der Waals surface area contributed by atoms with Crippen molar-refractivity contribution in [3.63, 3.8) is 0 Å². The molecule has 0 saturated heterocycles. The first-order valence-electron chi connectivity index (χ1n) is 18.3. The maximum absolute atomic E-state index is 5.31. The zero-order chi connectivity index (χ0) is 35.6. The maximum atomic E-state index is 5.31. The normalized spacial score (nSPS) is 11.7. The van der Waals surface area contributed by atoms with E-state index in [1.165, 1.54) is 49.1 Å². The number of hydrogen-bond donors (Lipinski definition) is 0. The summed E-state index contributed by atoms with van der Waals surface area (Å²) in [5.74, 6) is 0.709. The minimum Gasteiger partial charge on any atom is -0.316 e. The minimum atomic E-state index is 0.709. The molecular formula is C50H32N4. The van der Waals surface area contributed by atoms with Crippen molar-refractivity contribution in [2.45, 2.75) is 0 Å². The molecule has 4 nitrogen and oxygen atoms in total. The molecule has 3 heterocycles. The van der Waals surface area contributed by atoms with E-state index in [0.717, 1.165) is 44.6 Å². The third-order valence-corrected chi connectivity index (χ3v) is 10.8. The van der Waals surface area contributed by atoms with Crippen LogP contribution in [0.3, 0.4) is 0 Å². The van der Waals surface area contributed by atoms with E-state index in [-0.39, 0.29) is 0 Å². The van der Waals surface area contributed by atoms with Crippen LogP contribution in [0, 0.1) is 0 Å². The van der Waals surface area contributed by atoms with Crippen LogP contribution in [0.4, 0.5) is 0 Å². The molecular weight excluding hydrogens is 657 g/mol. The van der Waals surface area contributed by atoms with Gasteiger partial charge in [-0.2, -0.15) is 0 Å². The van der Waals surface area contributed by atoms with Crippen LogP contribution in [0.25, 0.3) is 99.5 Å². The van der Waals surface area contributed by atoms with Crippen LogP contribution in [-0.4, -0.2) is 19.1 Å². The van der Waals surface area contributed by atoms with E-state index in [1.54, 1.807) is 0 Å². The number of hydrogen-bond acceptors (Lipinski definition) is 2. The molecule has 252 valence electrons. The summed E-state index contributed by atoms with van der Waals surface area (Å²) < 4.78 is 4.67. The smallest absolute Gasteiger partial charge is 0.160 e. The van der Waals surface area contributed by atoms with Crippen LogP contribution in [0.15, 0.2) is 194 Å². The molecule has 0 bridgehead atoms. The minimum absolute atomic E-state index is 0.709. The Morgan fingerprint density at radius 3 is 1.89 bits per heavy atom. The second-order valence-corrected chi connectivity index (χ2v) is 13.8. The SMILES string of the molecule is c1ccc(-n2ccc3c2ccc2c4cc(-c5nc(-c6ccc(-c7cccc8ccccc78)cc6)c6ccccc6n5)ccc4n(-c4ccccc4)c23)cc1. The van der Waals surface area contributed by atoms with Gasteiger partial charge in [-0.1, -0.05) is 127 Å². The highest BCUT2D eigenvalue weighted by atomic mass is 15.0. The standard InChI is InChI=1S/C50H32N4/c1-3-14-37(15-4-1)53-31-30-43-46(53)29-27-41-44-32-36(26-28-47(44)54(49(41)43)38-16-5-2-6-17-38)50-51-45-21-10-9-19-42(45)48(52-50)35-24-22-34(23-25-35)40-20-11-13-33-12-7-8-18-39(33)40/h1-32H. The first kappa shape index (κ1) is 30.3. The molecule has 0 aliphatic carbocycles. The van der Waals surface area contributed by atoms with Crippen LogP contribution in [0.1, 0.15) is 0 Å². The molecule has 0 aliphatic heterocycles. The molecule has 0 saturated carbocycles. The Bertz CT molecular complexity index is 3190. The van der Waals surface area contributed by atoms with Crippen LogP contribution >= 0.6 is 0 Å². The molecule has 11 rings (SSSR count). The van der Waals surface area contributed by atoms with Crippen LogP contribution in [-0.2, 0) is 0 Å². The summed E-state index contributed by atoms with van der Waals surface area (Å²) in [4.78, 5) is 10.5. The van der Waals surface area contributed by atoms with Gasteiger partial charge in [0.2, 0.25) is 0 Å². The lowest BCUT2D eigenvalue weighted by Crippen LogP contribution is -1.96. The molecule has 4 heteroatoms. The molecule has 0 atom stereocenters. The van der Waals surface area contributed by atoms with Gasteiger partial charge in [-0.15, -0.1) is 0 Å². The number of para-hydroxylation sites is 3. The number of benzene rings is 8. The molecule has 0 N–H and O–H groups in total. The molecule has 0 radical (unpaired) electrons. The second kappa shape index (κ2) is 12.1. The fourth-order valence-electron chi connectivity index (χ4n) is 8.24. The Morgan fingerprint density at radius 2 is 1.06 bits per heavy atom. The predicted molar refractivity (Wildman–Crippen MR) is 225 cm³/mol. The molecule has 0 unspecified atom stereocenters. The number of fused-ring (bicyclic) bond motifs is 7. The third-order valence-electron chi connectivity index (χ3n) is 10.8. The van der Waals surface area contributed by atoms with Gasteiger partial charge in [0.1, 0.15) is 0 Å².